The molecule has 0 aliphatic carbocycles. The second-order valence-electron chi connectivity index (χ2n) is 8.83. The molecule has 0 aromatic heterocycles. The SMILES string of the molecule is CCN(CC)CCCCC(=O)c1ccc(Nc2ccc(NC(=O)c3cccc(OC)c3)cc2)c(C)c1. The van der Waals surface area contributed by atoms with Crippen LogP contribution in [0.1, 0.15) is 59.4 Å². The molecule has 6 heteroatoms. The van der Waals surface area contributed by atoms with E-state index in [0.717, 1.165) is 55.0 Å². The van der Waals surface area contributed by atoms with Gasteiger partial charge in [-0.3, -0.25) is 9.59 Å². The van der Waals surface area contributed by atoms with E-state index in [-0.39, 0.29) is 11.7 Å². The van der Waals surface area contributed by atoms with Gasteiger partial charge in [0.2, 0.25) is 0 Å². The van der Waals surface area contributed by atoms with Crippen LogP contribution in [0.5, 0.6) is 5.75 Å². The van der Waals surface area contributed by atoms with Crippen molar-refractivity contribution in [3.63, 3.8) is 0 Å². The predicted molar refractivity (Wildman–Crippen MR) is 148 cm³/mol. The van der Waals surface area contributed by atoms with Crippen LogP contribution in [0.3, 0.4) is 0 Å². The number of carbonyl (C=O) groups is 2. The summed E-state index contributed by atoms with van der Waals surface area (Å²) >= 11 is 0. The molecule has 1 amide bonds. The van der Waals surface area contributed by atoms with Crippen molar-refractivity contribution in [3.05, 3.63) is 83.4 Å². The van der Waals surface area contributed by atoms with Gasteiger partial charge in [0.05, 0.1) is 7.11 Å². The minimum Gasteiger partial charge on any atom is -0.497 e. The maximum Gasteiger partial charge on any atom is 0.255 e. The molecule has 0 radical (unpaired) electrons. The fourth-order valence-electron chi connectivity index (χ4n) is 4.04. The number of Topliss-reactive ketones (excluding diaryl/α,β-unsaturated/α-hetero) is 1. The first-order chi connectivity index (χ1) is 17.4. The number of ketones is 1. The standard InChI is InChI=1S/C30H37N3O3/c1-5-33(6-2)19-8-7-12-29(34)23-13-18-28(22(3)20-23)31-25-14-16-26(17-15-25)32-30(35)24-10-9-11-27(21-24)36-4/h9-11,13-18,20-21,31H,5-8,12,19H2,1-4H3,(H,32,35). The minimum atomic E-state index is -0.196. The van der Waals surface area contributed by atoms with Gasteiger partial charge in [0.1, 0.15) is 5.75 Å². The van der Waals surface area contributed by atoms with Gasteiger partial charge in [0, 0.05) is 34.6 Å². The Morgan fingerprint density at radius 1 is 0.861 bits per heavy atom. The van der Waals surface area contributed by atoms with Crippen LogP contribution in [0.25, 0.3) is 0 Å². The summed E-state index contributed by atoms with van der Waals surface area (Å²) in [5.41, 5.74) is 4.85. The first kappa shape index (κ1) is 27.0. The molecule has 0 fully saturated rings. The number of ether oxygens (including phenoxy) is 1. The van der Waals surface area contributed by atoms with Gasteiger partial charge in [-0.15, -0.1) is 0 Å². The Bertz CT molecular complexity index is 1150. The lowest BCUT2D eigenvalue weighted by Gasteiger charge is -2.17. The van der Waals surface area contributed by atoms with Gasteiger partial charge < -0.3 is 20.3 Å². The molecule has 0 bridgehead atoms. The van der Waals surface area contributed by atoms with Crippen LogP contribution in [-0.2, 0) is 0 Å². The zero-order valence-electron chi connectivity index (χ0n) is 21.8. The Labute approximate surface area is 214 Å². The lowest BCUT2D eigenvalue weighted by Crippen LogP contribution is -2.24. The number of hydrogen-bond donors (Lipinski definition) is 2. The van der Waals surface area contributed by atoms with Crippen LogP contribution >= 0.6 is 0 Å². The second kappa shape index (κ2) is 13.4. The molecule has 36 heavy (non-hydrogen) atoms. The van der Waals surface area contributed by atoms with Crippen molar-refractivity contribution < 1.29 is 14.3 Å². The molecule has 0 unspecified atom stereocenters. The highest BCUT2D eigenvalue weighted by Crippen LogP contribution is 2.24. The number of amides is 1. The quantitative estimate of drug-likeness (QED) is 0.207. The lowest BCUT2D eigenvalue weighted by atomic mass is 10.0. The van der Waals surface area contributed by atoms with Gasteiger partial charge in [0.15, 0.2) is 5.78 Å². The molecule has 0 saturated carbocycles. The average molecular weight is 488 g/mol. The van der Waals surface area contributed by atoms with Crippen molar-refractivity contribution in [2.24, 2.45) is 0 Å². The van der Waals surface area contributed by atoms with Crippen molar-refractivity contribution in [2.45, 2.75) is 40.0 Å². The Balaban J connectivity index is 1.54. The Morgan fingerprint density at radius 2 is 1.58 bits per heavy atom. The Hall–Kier alpha value is -3.64. The third-order valence-corrected chi connectivity index (χ3v) is 6.32. The van der Waals surface area contributed by atoms with Crippen molar-refractivity contribution in [2.75, 3.05) is 37.4 Å². The first-order valence-corrected chi connectivity index (χ1v) is 12.6. The third kappa shape index (κ3) is 7.68. The van der Waals surface area contributed by atoms with E-state index < -0.39 is 0 Å². The van der Waals surface area contributed by atoms with Crippen molar-refractivity contribution in [3.8, 4) is 5.75 Å². The predicted octanol–water partition coefficient (Wildman–Crippen LogP) is 6.69. The van der Waals surface area contributed by atoms with Crippen LogP contribution in [0.2, 0.25) is 0 Å². The van der Waals surface area contributed by atoms with Gasteiger partial charge in [-0.2, -0.15) is 0 Å². The largest absolute Gasteiger partial charge is 0.497 e. The number of rotatable bonds is 13. The van der Waals surface area contributed by atoms with E-state index in [9.17, 15) is 9.59 Å². The van der Waals surface area contributed by atoms with Gasteiger partial charge in [-0.25, -0.2) is 0 Å². The van der Waals surface area contributed by atoms with Gasteiger partial charge in [-0.1, -0.05) is 19.9 Å². The Kier molecular flexibility index (Phi) is 10.1. The molecule has 0 heterocycles. The average Bonchev–Trinajstić information content (AvgIpc) is 2.90. The van der Waals surface area contributed by atoms with Crippen molar-refractivity contribution in [1.29, 1.82) is 0 Å². The number of methoxy groups -OCH3 is 1. The first-order valence-electron chi connectivity index (χ1n) is 12.6. The number of hydrogen-bond acceptors (Lipinski definition) is 5. The zero-order valence-corrected chi connectivity index (χ0v) is 21.8. The summed E-state index contributed by atoms with van der Waals surface area (Å²) in [6, 6.07) is 20.4. The fraction of sp³-hybridized carbons (Fsp3) is 0.333. The molecule has 0 saturated heterocycles. The number of nitrogens with one attached hydrogen (secondary N) is 2. The van der Waals surface area contributed by atoms with Crippen LogP contribution in [-0.4, -0.2) is 43.3 Å². The van der Waals surface area contributed by atoms with E-state index >= 15 is 0 Å². The van der Waals surface area contributed by atoms with E-state index in [2.05, 4.69) is 29.4 Å². The van der Waals surface area contributed by atoms with Crippen molar-refractivity contribution in [1.82, 2.24) is 4.90 Å². The van der Waals surface area contributed by atoms with E-state index in [1.54, 1.807) is 31.4 Å². The fourth-order valence-corrected chi connectivity index (χ4v) is 4.04. The monoisotopic (exact) mass is 487 g/mol. The van der Waals surface area contributed by atoms with Gasteiger partial charge in [0.25, 0.3) is 5.91 Å². The van der Waals surface area contributed by atoms with E-state index in [0.29, 0.717) is 23.4 Å². The highest BCUT2D eigenvalue weighted by Gasteiger charge is 2.10. The maximum atomic E-state index is 12.6. The maximum absolute atomic E-state index is 12.6. The molecule has 0 aliphatic heterocycles. The molecule has 0 aliphatic rings. The number of nitrogens with zero attached hydrogens (tertiary/aromatic N) is 1. The topological polar surface area (TPSA) is 70.7 Å². The van der Waals surface area contributed by atoms with Gasteiger partial charge in [-0.05, 0) is 106 Å². The van der Waals surface area contributed by atoms with E-state index in [4.69, 9.17) is 4.74 Å². The summed E-state index contributed by atoms with van der Waals surface area (Å²) in [4.78, 5) is 27.5. The number of benzene rings is 3. The molecule has 0 spiro atoms. The molecule has 6 nitrogen and oxygen atoms in total. The zero-order chi connectivity index (χ0) is 25.9. The van der Waals surface area contributed by atoms with Crippen molar-refractivity contribution >= 4 is 28.8 Å². The van der Waals surface area contributed by atoms with Crippen LogP contribution < -0.4 is 15.4 Å². The lowest BCUT2D eigenvalue weighted by molar-refractivity contribution is 0.0976. The molecule has 0 atom stereocenters. The smallest absolute Gasteiger partial charge is 0.255 e. The summed E-state index contributed by atoms with van der Waals surface area (Å²) in [5.74, 6) is 0.639. The van der Waals surface area contributed by atoms with Crippen LogP contribution in [0, 0.1) is 6.92 Å². The molecular weight excluding hydrogens is 450 g/mol. The number of unbranched alkanes of at least 4 members (excludes halogenated alkanes) is 1. The Morgan fingerprint density at radius 3 is 2.25 bits per heavy atom. The summed E-state index contributed by atoms with van der Waals surface area (Å²) < 4.78 is 5.19. The van der Waals surface area contributed by atoms with E-state index in [1.165, 1.54) is 0 Å². The molecule has 2 N–H and O–H groups in total. The molecular formula is C30H37N3O3. The van der Waals surface area contributed by atoms with Crippen LogP contribution in [0.15, 0.2) is 66.7 Å². The minimum absolute atomic E-state index is 0.195. The van der Waals surface area contributed by atoms with Crippen LogP contribution in [0.4, 0.5) is 17.1 Å². The molecule has 3 aromatic rings. The third-order valence-electron chi connectivity index (χ3n) is 6.32. The summed E-state index contributed by atoms with van der Waals surface area (Å²) in [7, 11) is 1.57. The number of carbonyl (C=O) groups excluding carboxylic acids is 2. The van der Waals surface area contributed by atoms with E-state index in [1.807, 2.05) is 49.4 Å². The summed E-state index contributed by atoms with van der Waals surface area (Å²) in [6.07, 6.45) is 2.54. The number of anilines is 3. The highest BCUT2D eigenvalue weighted by molar-refractivity contribution is 6.04. The second-order valence-corrected chi connectivity index (χ2v) is 8.83. The molecule has 190 valence electrons. The summed E-state index contributed by atoms with van der Waals surface area (Å²) in [6.45, 7) is 9.50. The number of aryl methyl sites for hydroxylation is 1. The van der Waals surface area contributed by atoms with Gasteiger partial charge >= 0.3 is 0 Å². The normalized spacial score (nSPS) is 10.8. The highest BCUT2D eigenvalue weighted by atomic mass is 16.5. The molecule has 3 rings (SSSR count). The summed E-state index contributed by atoms with van der Waals surface area (Å²) in [5, 5.41) is 6.30. The molecule has 3 aromatic carbocycles.